The lowest BCUT2D eigenvalue weighted by Gasteiger charge is -2.28. The highest BCUT2D eigenvalue weighted by Crippen LogP contribution is 2.77. The molecule has 16 heavy (non-hydrogen) atoms. The van der Waals surface area contributed by atoms with Crippen molar-refractivity contribution in [2.75, 3.05) is 0 Å². The van der Waals surface area contributed by atoms with Gasteiger partial charge < -0.3 is 9.47 Å². The minimum Gasteiger partial charge on any atom is -0.459 e. The van der Waals surface area contributed by atoms with Crippen LogP contribution in [0.1, 0.15) is 32.1 Å². The van der Waals surface area contributed by atoms with Gasteiger partial charge in [-0.15, -0.1) is 0 Å². The van der Waals surface area contributed by atoms with Gasteiger partial charge in [0.05, 0.1) is 0 Å². The van der Waals surface area contributed by atoms with E-state index in [0.29, 0.717) is 11.8 Å². The number of ether oxygens (including phenoxy) is 2. The molecule has 4 fully saturated rings. The zero-order valence-corrected chi connectivity index (χ0v) is 9.28. The molecule has 3 aliphatic carbocycles. The summed E-state index contributed by atoms with van der Waals surface area (Å²) in [5.74, 6) is 0.933. The van der Waals surface area contributed by atoms with Gasteiger partial charge in [0.2, 0.25) is 0 Å². The van der Waals surface area contributed by atoms with Crippen LogP contribution < -0.4 is 0 Å². The fourth-order valence-electron chi connectivity index (χ4n) is 4.81. The van der Waals surface area contributed by atoms with Gasteiger partial charge in [-0.2, -0.15) is 0 Å². The highest BCUT2D eigenvalue weighted by molar-refractivity contribution is 5.81. The van der Waals surface area contributed by atoms with Crippen LogP contribution in [0.3, 0.4) is 0 Å². The Bertz CT molecular complexity index is 391. The van der Waals surface area contributed by atoms with Crippen molar-refractivity contribution in [3.63, 3.8) is 0 Å². The molecule has 1 heterocycles. The molecule has 4 rings (SSSR count). The van der Waals surface area contributed by atoms with E-state index in [2.05, 4.69) is 6.58 Å². The average molecular weight is 220 g/mol. The van der Waals surface area contributed by atoms with Crippen LogP contribution in [0.5, 0.6) is 0 Å². The maximum atomic E-state index is 11.3. The van der Waals surface area contributed by atoms with Crippen LogP contribution in [0.2, 0.25) is 0 Å². The summed E-state index contributed by atoms with van der Waals surface area (Å²) in [6.07, 6.45) is 7.17. The molecule has 0 aromatic heterocycles. The number of esters is 1. The zero-order valence-electron chi connectivity index (χ0n) is 9.28. The van der Waals surface area contributed by atoms with Crippen LogP contribution in [0.4, 0.5) is 0 Å². The van der Waals surface area contributed by atoms with Gasteiger partial charge in [0.25, 0.3) is 0 Å². The molecule has 3 heteroatoms. The molecule has 0 radical (unpaired) electrons. The first-order valence-electron chi connectivity index (χ1n) is 6.24. The zero-order chi connectivity index (χ0) is 11.0. The maximum absolute atomic E-state index is 11.3. The molecular formula is C13H16O3. The van der Waals surface area contributed by atoms with Crippen molar-refractivity contribution in [2.45, 2.75) is 49.4 Å². The molecule has 4 aliphatic rings. The second-order valence-corrected chi connectivity index (χ2v) is 5.74. The topological polar surface area (TPSA) is 38.8 Å². The van der Waals surface area contributed by atoms with E-state index in [1.165, 1.54) is 25.3 Å². The molecule has 86 valence electrons. The third-order valence-corrected chi connectivity index (χ3v) is 5.29. The molecule has 5 unspecified atom stereocenters. The smallest absolute Gasteiger partial charge is 0.330 e. The first-order chi connectivity index (χ1) is 7.71. The Hall–Kier alpha value is -0.830. The van der Waals surface area contributed by atoms with Crippen LogP contribution in [-0.2, 0) is 14.3 Å². The maximum Gasteiger partial charge on any atom is 0.330 e. The van der Waals surface area contributed by atoms with E-state index < -0.39 is 0 Å². The Morgan fingerprint density at radius 3 is 3.19 bits per heavy atom. The molecule has 1 saturated heterocycles. The molecule has 5 atom stereocenters. The predicted molar refractivity (Wildman–Crippen MR) is 56.7 cm³/mol. The lowest BCUT2D eigenvalue weighted by atomic mass is 9.80. The molecule has 2 bridgehead atoms. The van der Waals surface area contributed by atoms with Crippen LogP contribution in [0.25, 0.3) is 0 Å². The normalized spacial score (nSPS) is 55.6. The highest BCUT2D eigenvalue weighted by Gasteiger charge is 2.84. The number of fused-ring (bicyclic) bond motifs is 2. The first-order valence-corrected chi connectivity index (χ1v) is 6.24. The number of hydrogen-bond donors (Lipinski definition) is 0. The van der Waals surface area contributed by atoms with Crippen LogP contribution in [0.15, 0.2) is 12.7 Å². The summed E-state index contributed by atoms with van der Waals surface area (Å²) < 4.78 is 11.5. The minimum atomic E-state index is -0.279. The van der Waals surface area contributed by atoms with Gasteiger partial charge in [0, 0.05) is 18.4 Å². The monoisotopic (exact) mass is 220 g/mol. The summed E-state index contributed by atoms with van der Waals surface area (Å²) in [6, 6.07) is 0. The lowest BCUT2D eigenvalue weighted by Crippen LogP contribution is -2.36. The second kappa shape index (κ2) is 2.53. The van der Waals surface area contributed by atoms with Crippen molar-refractivity contribution >= 4 is 5.97 Å². The summed E-state index contributed by atoms with van der Waals surface area (Å²) in [6.45, 7) is 3.45. The largest absolute Gasteiger partial charge is 0.459 e. The van der Waals surface area contributed by atoms with Crippen molar-refractivity contribution in [3.8, 4) is 0 Å². The van der Waals surface area contributed by atoms with E-state index in [0.717, 1.165) is 12.8 Å². The predicted octanol–water partition coefficient (Wildman–Crippen LogP) is 1.82. The molecule has 1 aliphatic heterocycles. The van der Waals surface area contributed by atoms with Gasteiger partial charge >= 0.3 is 5.97 Å². The second-order valence-electron chi connectivity index (χ2n) is 5.74. The Morgan fingerprint density at radius 1 is 1.50 bits per heavy atom. The Labute approximate surface area is 94.8 Å². The van der Waals surface area contributed by atoms with Gasteiger partial charge in [-0.05, 0) is 25.2 Å². The molecule has 0 aromatic rings. The van der Waals surface area contributed by atoms with Crippen molar-refractivity contribution in [2.24, 2.45) is 11.8 Å². The lowest BCUT2D eigenvalue weighted by molar-refractivity contribution is -0.146. The summed E-state index contributed by atoms with van der Waals surface area (Å²) >= 11 is 0. The van der Waals surface area contributed by atoms with Gasteiger partial charge in [-0.3, -0.25) is 0 Å². The molecule has 0 N–H and O–H groups in total. The van der Waals surface area contributed by atoms with Gasteiger partial charge in [-0.25, -0.2) is 4.79 Å². The van der Waals surface area contributed by atoms with Crippen molar-refractivity contribution in [1.82, 2.24) is 0 Å². The van der Waals surface area contributed by atoms with E-state index in [4.69, 9.17) is 9.47 Å². The number of carbonyl (C=O) groups excluding carboxylic acids is 1. The highest BCUT2D eigenvalue weighted by atomic mass is 16.6. The van der Waals surface area contributed by atoms with Crippen molar-refractivity contribution in [1.29, 1.82) is 0 Å². The molecule has 3 saturated carbocycles. The SMILES string of the molecule is C=CC(=O)OC1CC23CC1C1CCCC12O3. The number of hydrogen-bond acceptors (Lipinski definition) is 3. The van der Waals surface area contributed by atoms with Crippen LogP contribution in [0, 0.1) is 11.8 Å². The number of epoxide rings is 1. The van der Waals surface area contributed by atoms with E-state index in [1.54, 1.807) is 0 Å². The van der Waals surface area contributed by atoms with Crippen LogP contribution >= 0.6 is 0 Å². The van der Waals surface area contributed by atoms with Gasteiger partial charge in [0.1, 0.15) is 17.3 Å². The summed E-state index contributed by atoms with van der Waals surface area (Å²) in [7, 11) is 0. The van der Waals surface area contributed by atoms with E-state index in [9.17, 15) is 4.79 Å². The summed E-state index contributed by atoms with van der Waals surface area (Å²) in [5, 5.41) is 0. The standard InChI is InChI=1S/C13H16O3/c1-2-11(14)15-10-7-12-6-8(10)9-4-3-5-13(9,12)16-12/h2,8-10H,1,3-7H2. The minimum absolute atomic E-state index is 0.0872. The van der Waals surface area contributed by atoms with Gasteiger partial charge in [0.15, 0.2) is 0 Å². The Balaban J connectivity index is 1.59. The summed E-state index contributed by atoms with van der Waals surface area (Å²) in [4.78, 5) is 11.3. The fraction of sp³-hybridized carbons (Fsp3) is 0.769. The quantitative estimate of drug-likeness (QED) is 0.405. The first kappa shape index (κ1) is 9.23. The van der Waals surface area contributed by atoms with Gasteiger partial charge in [-0.1, -0.05) is 13.0 Å². The van der Waals surface area contributed by atoms with Crippen LogP contribution in [-0.4, -0.2) is 23.3 Å². The molecule has 0 aromatic carbocycles. The molecule has 3 nitrogen and oxygen atoms in total. The molecular weight excluding hydrogens is 204 g/mol. The Morgan fingerprint density at radius 2 is 2.38 bits per heavy atom. The Kier molecular flexibility index (Phi) is 1.46. The summed E-state index contributed by atoms with van der Waals surface area (Å²) in [5.41, 5.74) is 0.319. The average Bonchev–Trinajstić information content (AvgIpc) is 2.63. The van der Waals surface area contributed by atoms with E-state index >= 15 is 0 Å². The fourth-order valence-corrected chi connectivity index (χ4v) is 4.81. The molecule has 0 amide bonds. The van der Waals surface area contributed by atoms with Crippen molar-refractivity contribution in [3.05, 3.63) is 12.7 Å². The number of carbonyl (C=O) groups is 1. The van der Waals surface area contributed by atoms with E-state index in [1.807, 2.05) is 0 Å². The van der Waals surface area contributed by atoms with Crippen molar-refractivity contribution < 1.29 is 14.3 Å². The van der Waals surface area contributed by atoms with E-state index in [-0.39, 0.29) is 23.3 Å². The number of rotatable bonds is 2. The third kappa shape index (κ3) is 0.807. The molecule has 2 spiro atoms. The third-order valence-electron chi connectivity index (χ3n) is 5.29.